The standard InChI is InChI=1S/C18H17ClFN3O2/c1-18(2,3)25-17(24)23-13-6-4-11(20)8-10(13)9-14(23)16-12(21)5-7-15(19)22-16/h4-9H,21H2,1-3H3. The lowest BCUT2D eigenvalue weighted by molar-refractivity contribution is 0.0547. The monoisotopic (exact) mass is 361 g/mol. The Morgan fingerprint density at radius 1 is 1.24 bits per heavy atom. The second-order valence-corrected chi connectivity index (χ2v) is 7.01. The number of halogens is 2. The molecule has 0 saturated carbocycles. The summed E-state index contributed by atoms with van der Waals surface area (Å²) in [7, 11) is 0. The summed E-state index contributed by atoms with van der Waals surface area (Å²) in [6, 6.07) is 8.92. The molecule has 2 aromatic heterocycles. The van der Waals surface area contributed by atoms with E-state index in [1.807, 2.05) is 0 Å². The van der Waals surface area contributed by atoms with Gasteiger partial charge in [0.15, 0.2) is 0 Å². The van der Waals surface area contributed by atoms with Gasteiger partial charge in [-0.15, -0.1) is 0 Å². The molecule has 0 aliphatic heterocycles. The van der Waals surface area contributed by atoms with Gasteiger partial charge >= 0.3 is 6.09 Å². The number of anilines is 1. The van der Waals surface area contributed by atoms with E-state index >= 15 is 0 Å². The second kappa shape index (κ2) is 6.04. The highest BCUT2D eigenvalue weighted by Gasteiger charge is 2.24. The molecule has 2 heterocycles. The number of nitrogen functional groups attached to an aromatic ring is 1. The first-order valence-corrected chi connectivity index (χ1v) is 8.00. The molecule has 25 heavy (non-hydrogen) atoms. The summed E-state index contributed by atoms with van der Waals surface area (Å²) in [6.45, 7) is 5.30. The Morgan fingerprint density at radius 2 is 1.96 bits per heavy atom. The van der Waals surface area contributed by atoms with Gasteiger partial charge in [-0.2, -0.15) is 0 Å². The summed E-state index contributed by atoms with van der Waals surface area (Å²) in [6.07, 6.45) is -0.606. The number of hydrogen-bond donors (Lipinski definition) is 1. The molecule has 0 amide bonds. The predicted molar refractivity (Wildman–Crippen MR) is 96.2 cm³/mol. The number of pyridine rings is 1. The molecule has 2 N–H and O–H groups in total. The fourth-order valence-electron chi connectivity index (χ4n) is 2.52. The molecule has 130 valence electrons. The van der Waals surface area contributed by atoms with Gasteiger partial charge in [-0.25, -0.2) is 18.7 Å². The maximum Gasteiger partial charge on any atom is 0.419 e. The zero-order chi connectivity index (χ0) is 18.4. The van der Waals surface area contributed by atoms with Gasteiger partial charge in [0.2, 0.25) is 0 Å². The quantitative estimate of drug-likeness (QED) is 0.628. The molecule has 7 heteroatoms. The van der Waals surface area contributed by atoms with Crippen LogP contribution in [-0.4, -0.2) is 21.2 Å². The average Bonchev–Trinajstić information content (AvgIpc) is 2.86. The molecule has 0 aliphatic rings. The van der Waals surface area contributed by atoms with E-state index < -0.39 is 17.5 Å². The Bertz CT molecular complexity index is 976. The number of fused-ring (bicyclic) bond motifs is 1. The molecule has 0 fully saturated rings. The van der Waals surface area contributed by atoms with Crippen molar-refractivity contribution in [2.24, 2.45) is 0 Å². The number of carbonyl (C=O) groups excluding carboxylic acids is 1. The number of ether oxygens (including phenoxy) is 1. The van der Waals surface area contributed by atoms with Crippen LogP contribution in [0.25, 0.3) is 22.3 Å². The van der Waals surface area contributed by atoms with Gasteiger partial charge in [-0.1, -0.05) is 11.6 Å². The summed E-state index contributed by atoms with van der Waals surface area (Å²) in [5, 5.41) is 0.762. The largest absolute Gasteiger partial charge is 0.443 e. The topological polar surface area (TPSA) is 70.1 Å². The van der Waals surface area contributed by atoms with E-state index in [2.05, 4.69) is 4.98 Å². The van der Waals surface area contributed by atoms with Gasteiger partial charge in [-0.3, -0.25) is 0 Å². The zero-order valence-corrected chi connectivity index (χ0v) is 14.8. The molecule has 3 aromatic rings. The van der Waals surface area contributed by atoms with E-state index in [4.69, 9.17) is 22.1 Å². The fourth-order valence-corrected chi connectivity index (χ4v) is 2.66. The van der Waals surface area contributed by atoms with E-state index in [0.29, 0.717) is 28.0 Å². The van der Waals surface area contributed by atoms with Crippen LogP contribution < -0.4 is 5.73 Å². The van der Waals surface area contributed by atoms with Crippen LogP contribution in [0.5, 0.6) is 0 Å². The summed E-state index contributed by atoms with van der Waals surface area (Å²) >= 11 is 5.98. The highest BCUT2D eigenvalue weighted by atomic mass is 35.5. The first kappa shape index (κ1) is 17.2. The van der Waals surface area contributed by atoms with Crippen LogP contribution in [0.15, 0.2) is 36.4 Å². The third-order valence-corrected chi connectivity index (χ3v) is 3.69. The van der Waals surface area contributed by atoms with Crippen molar-refractivity contribution >= 4 is 34.3 Å². The van der Waals surface area contributed by atoms with E-state index in [1.165, 1.54) is 22.8 Å². The molecule has 0 atom stereocenters. The highest BCUT2D eigenvalue weighted by molar-refractivity contribution is 6.29. The van der Waals surface area contributed by atoms with Crippen molar-refractivity contribution < 1.29 is 13.9 Å². The van der Waals surface area contributed by atoms with Gasteiger partial charge in [0.1, 0.15) is 22.3 Å². The Labute approximate surface area is 149 Å². The number of rotatable bonds is 1. The smallest absolute Gasteiger partial charge is 0.419 e. The molecule has 3 rings (SSSR count). The van der Waals surface area contributed by atoms with E-state index in [9.17, 15) is 9.18 Å². The minimum atomic E-state index is -0.696. The molecule has 0 saturated heterocycles. The average molecular weight is 362 g/mol. The van der Waals surface area contributed by atoms with Crippen molar-refractivity contribution in [3.63, 3.8) is 0 Å². The van der Waals surface area contributed by atoms with E-state index in [0.717, 1.165) is 0 Å². The first-order valence-electron chi connectivity index (χ1n) is 7.62. The molecule has 0 bridgehead atoms. The van der Waals surface area contributed by atoms with Gasteiger partial charge in [0.25, 0.3) is 0 Å². The number of nitrogens with two attached hydrogens (primary N) is 1. The minimum absolute atomic E-state index is 0.233. The third-order valence-electron chi connectivity index (χ3n) is 3.47. The van der Waals surface area contributed by atoms with Crippen molar-refractivity contribution in [3.8, 4) is 11.4 Å². The summed E-state index contributed by atoms with van der Waals surface area (Å²) in [5.41, 5.74) is 6.86. The second-order valence-electron chi connectivity index (χ2n) is 6.62. The molecule has 0 spiro atoms. The van der Waals surface area contributed by atoms with Crippen LogP contribution in [0.1, 0.15) is 20.8 Å². The molecule has 0 unspecified atom stereocenters. The van der Waals surface area contributed by atoms with Crippen LogP contribution in [0.2, 0.25) is 5.15 Å². The maximum atomic E-state index is 13.6. The van der Waals surface area contributed by atoms with Crippen LogP contribution in [0.3, 0.4) is 0 Å². The Kier molecular flexibility index (Phi) is 4.16. The normalized spacial score (nSPS) is 11.7. The number of aromatic nitrogens is 2. The van der Waals surface area contributed by atoms with Crippen LogP contribution in [0, 0.1) is 5.82 Å². The van der Waals surface area contributed by atoms with Crippen molar-refractivity contribution in [1.29, 1.82) is 0 Å². The van der Waals surface area contributed by atoms with Gasteiger partial charge in [0, 0.05) is 5.39 Å². The van der Waals surface area contributed by atoms with E-state index in [-0.39, 0.29) is 5.15 Å². The number of nitrogens with zero attached hydrogens (tertiary/aromatic N) is 2. The van der Waals surface area contributed by atoms with Crippen LogP contribution in [-0.2, 0) is 4.74 Å². The lowest BCUT2D eigenvalue weighted by Gasteiger charge is -2.21. The third kappa shape index (κ3) is 3.44. The highest BCUT2D eigenvalue weighted by Crippen LogP contribution is 2.32. The SMILES string of the molecule is CC(C)(C)OC(=O)n1c(-c2nc(Cl)ccc2N)cc2cc(F)ccc21. The Morgan fingerprint density at radius 3 is 2.64 bits per heavy atom. The van der Waals surface area contributed by atoms with Gasteiger partial charge in [-0.05, 0) is 57.2 Å². The minimum Gasteiger partial charge on any atom is -0.443 e. The summed E-state index contributed by atoms with van der Waals surface area (Å²) < 4.78 is 20.4. The van der Waals surface area contributed by atoms with Gasteiger partial charge in [0.05, 0.1) is 16.9 Å². The fraction of sp³-hybridized carbons (Fsp3) is 0.222. The summed E-state index contributed by atoms with van der Waals surface area (Å²) in [5.74, 6) is -0.410. The van der Waals surface area contributed by atoms with Crippen molar-refractivity contribution in [1.82, 2.24) is 9.55 Å². The van der Waals surface area contributed by atoms with Crippen molar-refractivity contribution in [2.45, 2.75) is 26.4 Å². The lowest BCUT2D eigenvalue weighted by Crippen LogP contribution is -2.27. The van der Waals surface area contributed by atoms with E-state index in [1.54, 1.807) is 39.0 Å². The number of hydrogen-bond acceptors (Lipinski definition) is 4. The maximum absolute atomic E-state index is 13.6. The Balaban J connectivity index is 2.29. The zero-order valence-electron chi connectivity index (χ0n) is 14.0. The molecule has 1 aromatic carbocycles. The van der Waals surface area contributed by atoms with Crippen molar-refractivity contribution in [2.75, 3.05) is 5.73 Å². The van der Waals surface area contributed by atoms with Gasteiger partial charge < -0.3 is 10.5 Å². The number of benzene rings is 1. The molecule has 0 radical (unpaired) electrons. The van der Waals surface area contributed by atoms with Crippen LogP contribution in [0.4, 0.5) is 14.9 Å². The lowest BCUT2D eigenvalue weighted by atomic mass is 10.2. The predicted octanol–water partition coefficient (Wildman–Crippen LogP) is 4.86. The molecule has 5 nitrogen and oxygen atoms in total. The summed E-state index contributed by atoms with van der Waals surface area (Å²) in [4.78, 5) is 17.0. The van der Waals surface area contributed by atoms with Crippen molar-refractivity contribution in [3.05, 3.63) is 47.4 Å². The number of carbonyl (C=O) groups is 1. The molecular formula is C18H17ClFN3O2. The molecule has 0 aliphatic carbocycles. The Hall–Kier alpha value is -2.60. The first-order chi connectivity index (χ1) is 11.7. The molecular weight excluding hydrogens is 345 g/mol. The van der Waals surface area contributed by atoms with Crippen LogP contribution >= 0.6 is 11.6 Å².